The van der Waals surface area contributed by atoms with Crippen LogP contribution in [-0.4, -0.2) is 38.2 Å². The first kappa shape index (κ1) is 17.6. The third kappa shape index (κ3) is 3.40. The lowest BCUT2D eigenvalue weighted by atomic mass is 10.2. The van der Waals surface area contributed by atoms with Gasteiger partial charge in [0.25, 0.3) is 5.91 Å². The molecule has 1 N–H and O–H groups in total. The van der Waals surface area contributed by atoms with Gasteiger partial charge < -0.3 is 14.8 Å². The van der Waals surface area contributed by atoms with Gasteiger partial charge in [0, 0.05) is 13.6 Å². The Morgan fingerprint density at radius 1 is 1.30 bits per heavy atom. The van der Waals surface area contributed by atoms with Crippen LogP contribution in [0.1, 0.15) is 10.4 Å². The van der Waals surface area contributed by atoms with Crippen molar-refractivity contribution in [3.05, 3.63) is 57.9 Å². The molecule has 0 aliphatic carbocycles. The summed E-state index contributed by atoms with van der Waals surface area (Å²) in [5.74, 6) is 0.760. The van der Waals surface area contributed by atoms with Gasteiger partial charge in [-0.15, -0.1) is 15.7 Å². The van der Waals surface area contributed by atoms with E-state index in [1.807, 2.05) is 11.4 Å². The van der Waals surface area contributed by atoms with Gasteiger partial charge in [-0.25, -0.2) is 4.31 Å². The number of benzene rings is 1. The Labute approximate surface area is 159 Å². The summed E-state index contributed by atoms with van der Waals surface area (Å²) < 4.78 is 39.8. The second-order valence-electron chi connectivity index (χ2n) is 5.80. The number of rotatable bonds is 4. The van der Waals surface area contributed by atoms with Crippen LogP contribution in [0.5, 0.6) is 11.5 Å². The van der Waals surface area contributed by atoms with Crippen LogP contribution in [0.4, 0.5) is 0 Å². The van der Waals surface area contributed by atoms with Crippen LogP contribution < -0.4 is 14.8 Å². The van der Waals surface area contributed by atoms with Gasteiger partial charge in [0.05, 0.1) is 10.6 Å². The van der Waals surface area contributed by atoms with Gasteiger partial charge in [-0.1, -0.05) is 12.1 Å². The quantitative estimate of drug-likeness (QED) is 0.834. The van der Waals surface area contributed by atoms with Crippen LogP contribution >= 0.6 is 11.3 Å². The minimum atomic E-state index is -3.96. The summed E-state index contributed by atoms with van der Waals surface area (Å²) in [7, 11) is -2.66. The first-order valence-electron chi connectivity index (χ1n) is 7.95. The number of likely N-dealkylation sites (N-methyl/N-ethyl adjacent to an activating group) is 1. The summed E-state index contributed by atoms with van der Waals surface area (Å²) in [6.45, 7) is 0.387. The lowest BCUT2D eigenvalue weighted by Gasteiger charge is -2.23. The summed E-state index contributed by atoms with van der Waals surface area (Å²) >= 11 is 1.35. The van der Waals surface area contributed by atoms with Gasteiger partial charge in [-0.05, 0) is 35.2 Å². The van der Waals surface area contributed by atoms with Crippen molar-refractivity contribution >= 4 is 33.2 Å². The number of nitrogens with one attached hydrogen (secondary N) is 1. The van der Waals surface area contributed by atoms with Crippen LogP contribution in [0, 0.1) is 0 Å². The molecule has 8 nitrogen and oxygen atoms in total. The molecule has 0 saturated carbocycles. The van der Waals surface area contributed by atoms with Crippen LogP contribution in [-0.2, 0) is 21.5 Å². The fraction of sp³-hybridized carbons (Fsp3) is 0.176. The zero-order chi connectivity index (χ0) is 19.0. The zero-order valence-corrected chi connectivity index (χ0v) is 15.8. The molecule has 10 heteroatoms. The first-order valence-corrected chi connectivity index (χ1v) is 10.2. The zero-order valence-electron chi connectivity index (χ0n) is 14.2. The summed E-state index contributed by atoms with van der Waals surface area (Å²) in [5.41, 5.74) is 1.06. The van der Waals surface area contributed by atoms with Crippen molar-refractivity contribution in [3.63, 3.8) is 0 Å². The number of ether oxygens (including phenoxy) is 2. The van der Waals surface area contributed by atoms with E-state index in [1.165, 1.54) is 24.5 Å². The van der Waals surface area contributed by atoms with E-state index >= 15 is 0 Å². The smallest absolute Gasteiger partial charge is 0.345 e. The fourth-order valence-corrected chi connectivity index (χ4v) is 4.28. The number of thiophene rings is 1. The molecule has 4 rings (SSSR count). The van der Waals surface area contributed by atoms with Gasteiger partial charge in [-0.2, -0.15) is 8.42 Å². The lowest BCUT2D eigenvalue weighted by molar-refractivity contribution is -0.118. The Hall–Kier alpha value is -2.85. The maximum Gasteiger partial charge on any atom is 0.345 e. The molecule has 27 heavy (non-hydrogen) atoms. The van der Waals surface area contributed by atoms with Gasteiger partial charge in [0.2, 0.25) is 6.79 Å². The summed E-state index contributed by atoms with van der Waals surface area (Å²) in [6.07, 6.45) is 1.47. The van der Waals surface area contributed by atoms with Crippen molar-refractivity contribution in [1.82, 2.24) is 9.62 Å². The monoisotopic (exact) mass is 405 g/mol. The Morgan fingerprint density at radius 2 is 2.11 bits per heavy atom. The number of allylic oxidation sites excluding steroid dienone is 1. The predicted octanol–water partition coefficient (Wildman–Crippen LogP) is 1.66. The minimum absolute atomic E-state index is 0.00847. The summed E-state index contributed by atoms with van der Waals surface area (Å²) in [4.78, 5) is 13.3. The summed E-state index contributed by atoms with van der Waals surface area (Å²) in [5, 5.41) is 4.55. The van der Waals surface area contributed by atoms with E-state index in [9.17, 15) is 13.2 Å². The third-order valence-electron chi connectivity index (χ3n) is 4.07. The number of carbonyl (C=O) groups excluding carboxylic acids is 1. The standard InChI is InChI=1S/C17H15N3O5S2/c1-20-13(8-12(19-27(20,22)23)16-3-2-6-26-16)17(21)18-9-11-4-5-14-15(7-11)25-10-24-14/h2-8H,9-10H2,1H3,(H,18,21). The van der Waals surface area contributed by atoms with Crippen molar-refractivity contribution in [3.8, 4) is 11.5 Å². The number of hydrogen-bond acceptors (Lipinski definition) is 6. The molecule has 0 unspecified atom stereocenters. The van der Waals surface area contributed by atoms with E-state index < -0.39 is 16.1 Å². The number of carbonyl (C=O) groups is 1. The highest BCUT2D eigenvalue weighted by molar-refractivity contribution is 7.88. The summed E-state index contributed by atoms with van der Waals surface area (Å²) in [6, 6.07) is 8.89. The van der Waals surface area contributed by atoms with E-state index in [4.69, 9.17) is 9.47 Å². The van der Waals surface area contributed by atoms with Crippen molar-refractivity contribution < 1.29 is 22.7 Å². The molecule has 140 valence electrons. The SMILES string of the molecule is CN1C(C(=O)NCc2ccc3c(c2)OCO3)=CC(c2cccs2)=NS1(=O)=O. The fourth-order valence-electron chi connectivity index (χ4n) is 2.63. The molecule has 0 bridgehead atoms. The predicted molar refractivity (Wildman–Crippen MR) is 100 cm³/mol. The van der Waals surface area contributed by atoms with E-state index in [-0.39, 0.29) is 24.7 Å². The highest BCUT2D eigenvalue weighted by atomic mass is 32.2. The Kier molecular flexibility index (Phi) is 4.36. The van der Waals surface area contributed by atoms with Gasteiger partial charge >= 0.3 is 10.2 Å². The lowest BCUT2D eigenvalue weighted by Crippen LogP contribution is -2.38. The Morgan fingerprint density at radius 3 is 2.89 bits per heavy atom. The average molecular weight is 405 g/mol. The van der Waals surface area contributed by atoms with Crippen LogP contribution in [0.25, 0.3) is 0 Å². The molecule has 1 aromatic heterocycles. The van der Waals surface area contributed by atoms with Crippen molar-refractivity contribution in [1.29, 1.82) is 0 Å². The normalized spacial score (nSPS) is 17.3. The van der Waals surface area contributed by atoms with Gasteiger partial charge in [-0.3, -0.25) is 4.79 Å². The maximum absolute atomic E-state index is 12.6. The second kappa shape index (κ2) is 6.71. The Balaban J connectivity index is 1.54. The molecule has 0 radical (unpaired) electrons. The Bertz CT molecular complexity index is 1060. The largest absolute Gasteiger partial charge is 0.454 e. The third-order valence-corrected chi connectivity index (χ3v) is 6.28. The molecule has 0 atom stereocenters. The van der Waals surface area contributed by atoms with Crippen molar-refractivity contribution in [2.24, 2.45) is 4.40 Å². The van der Waals surface area contributed by atoms with E-state index in [0.717, 1.165) is 9.87 Å². The molecule has 1 amide bonds. The minimum Gasteiger partial charge on any atom is -0.454 e. The van der Waals surface area contributed by atoms with Gasteiger partial charge in [0.1, 0.15) is 5.70 Å². The molecular weight excluding hydrogens is 390 g/mol. The van der Waals surface area contributed by atoms with E-state index in [2.05, 4.69) is 9.71 Å². The molecule has 0 saturated heterocycles. The highest BCUT2D eigenvalue weighted by Crippen LogP contribution is 2.32. The molecule has 1 aromatic carbocycles. The van der Waals surface area contributed by atoms with Gasteiger partial charge in [0.15, 0.2) is 11.5 Å². The molecule has 2 aliphatic rings. The van der Waals surface area contributed by atoms with Crippen LogP contribution in [0.3, 0.4) is 0 Å². The van der Waals surface area contributed by atoms with Crippen LogP contribution in [0.15, 0.2) is 51.9 Å². The number of nitrogens with zero attached hydrogens (tertiary/aromatic N) is 2. The molecule has 0 fully saturated rings. The molecular formula is C17H15N3O5S2. The van der Waals surface area contributed by atoms with E-state index in [0.29, 0.717) is 16.4 Å². The number of hydrogen-bond donors (Lipinski definition) is 1. The van der Waals surface area contributed by atoms with Crippen molar-refractivity contribution in [2.75, 3.05) is 13.8 Å². The van der Waals surface area contributed by atoms with Crippen molar-refractivity contribution in [2.45, 2.75) is 6.54 Å². The highest BCUT2D eigenvalue weighted by Gasteiger charge is 2.30. The number of amides is 1. The topological polar surface area (TPSA) is 97.3 Å². The average Bonchev–Trinajstić information content (AvgIpc) is 3.32. The first-order chi connectivity index (χ1) is 12.9. The van der Waals surface area contributed by atoms with Crippen LogP contribution in [0.2, 0.25) is 0 Å². The number of fused-ring (bicyclic) bond motifs is 1. The molecule has 2 aromatic rings. The maximum atomic E-state index is 12.6. The molecule has 2 aliphatic heterocycles. The molecule has 3 heterocycles. The second-order valence-corrected chi connectivity index (χ2v) is 8.37. The van der Waals surface area contributed by atoms with E-state index in [1.54, 1.807) is 24.3 Å². The molecule has 0 spiro atoms.